The van der Waals surface area contributed by atoms with Crippen LogP contribution in [0.4, 0.5) is 0 Å². The second-order valence-electron chi connectivity index (χ2n) is 18.1. The van der Waals surface area contributed by atoms with Gasteiger partial charge < -0.3 is 9.47 Å². The molecule has 0 fully saturated rings. The predicted octanol–water partition coefficient (Wildman–Crippen LogP) is 7.58. The third-order valence-electron chi connectivity index (χ3n) is 15.2. The van der Waals surface area contributed by atoms with E-state index in [1.54, 1.807) is 0 Å². The van der Waals surface area contributed by atoms with Crippen LogP contribution in [0.25, 0.3) is 55.6 Å². The van der Waals surface area contributed by atoms with Gasteiger partial charge in [0.25, 0.3) is 13.4 Å². The van der Waals surface area contributed by atoms with Crippen molar-refractivity contribution in [3.8, 4) is 78.6 Å². The van der Waals surface area contributed by atoms with Crippen LogP contribution in [0.1, 0.15) is 0 Å². The van der Waals surface area contributed by atoms with E-state index < -0.39 is 8.07 Å². The highest BCUT2D eigenvalue weighted by Crippen LogP contribution is 2.48. The maximum Gasteiger partial charge on any atom is 0.250 e. The van der Waals surface area contributed by atoms with Crippen LogP contribution in [0.2, 0.25) is 0 Å². The maximum atomic E-state index is 7.22. The molecule has 5 heteroatoms. The van der Waals surface area contributed by atoms with Crippen LogP contribution in [0.15, 0.2) is 218 Å². The van der Waals surface area contributed by atoms with Gasteiger partial charge in [-0.2, -0.15) is 0 Å². The van der Waals surface area contributed by atoms with Gasteiger partial charge in [0.1, 0.15) is 23.0 Å². The lowest BCUT2D eigenvalue weighted by Crippen LogP contribution is -2.93. The zero-order chi connectivity index (χ0) is 42.4. The van der Waals surface area contributed by atoms with Crippen LogP contribution in [-0.4, -0.2) is 21.5 Å². The van der Waals surface area contributed by atoms with Crippen molar-refractivity contribution in [2.45, 2.75) is 0 Å². The highest BCUT2D eigenvalue weighted by atomic mass is 28.3. The second kappa shape index (κ2) is 13.1. The number of hydrogen-bond acceptors (Lipinski definition) is 2. The van der Waals surface area contributed by atoms with Gasteiger partial charge in [-0.15, -0.1) is 0 Å². The number of benzene rings is 10. The summed E-state index contributed by atoms with van der Waals surface area (Å²) >= 11 is 0. The molecule has 0 radical (unpaired) electrons. The average molecular weight is 839 g/mol. The lowest BCUT2D eigenvalue weighted by atomic mass is 9.35. The largest absolute Gasteiger partial charge is 0.458 e. The molecule has 0 N–H and O–H groups in total. The number of ether oxygens (including phenoxy) is 2. The molecule has 4 heterocycles. The molecule has 4 aliphatic heterocycles. The number of hydrogen-bond donors (Lipinski definition) is 0. The van der Waals surface area contributed by atoms with Crippen molar-refractivity contribution in [2.75, 3.05) is 0 Å². The van der Waals surface area contributed by atoms with Crippen molar-refractivity contribution in [1.29, 1.82) is 0 Å². The molecule has 1 spiro atoms. The predicted molar refractivity (Wildman–Crippen MR) is 273 cm³/mol. The van der Waals surface area contributed by atoms with Crippen molar-refractivity contribution < 1.29 is 9.47 Å². The van der Waals surface area contributed by atoms with Gasteiger partial charge in [-0.25, -0.2) is 0 Å². The van der Waals surface area contributed by atoms with Crippen LogP contribution in [0, 0.1) is 0 Å². The highest BCUT2D eigenvalue weighted by Gasteiger charge is 2.58. The first-order valence-corrected chi connectivity index (χ1v) is 24.7. The monoisotopic (exact) mass is 838 g/mol. The summed E-state index contributed by atoms with van der Waals surface area (Å²) in [4.78, 5) is 0. The fourth-order valence-electron chi connectivity index (χ4n) is 12.7. The zero-order valence-corrected chi connectivity index (χ0v) is 36.3. The fraction of sp³-hybridized carbons (Fsp3) is 0. The quantitative estimate of drug-likeness (QED) is 0.159. The van der Waals surface area contributed by atoms with Crippen molar-refractivity contribution >= 4 is 75.0 Å². The van der Waals surface area contributed by atoms with Crippen LogP contribution in [0.3, 0.4) is 0 Å². The van der Waals surface area contributed by atoms with Crippen molar-refractivity contribution in [1.82, 2.24) is 0 Å². The fourth-order valence-corrected chi connectivity index (χ4v) is 18.4. The molecule has 0 saturated carbocycles. The SMILES string of the molecule is c1ccc2c(c1)Oc1cccc3c1B2c1ccccc1[Si]31c2ccccc2B2c3ccc(-c4ccc5c(c4)-c4ccccc4-c4ccccc4-c4ccccc4-5)cc3Oc3cccc1c32. The van der Waals surface area contributed by atoms with Gasteiger partial charge in [0, 0.05) is 0 Å². The Morgan fingerprint density at radius 3 is 1.22 bits per heavy atom. The normalized spacial score (nSPS) is 15.6. The van der Waals surface area contributed by atoms with E-state index in [9.17, 15) is 0 Å². The molecule has 10 aromatic carbocycles. The molecular weight excluding hydrogens is 802 g/mol. The molecule has 1 atom stereocenters. The van der Waals surface area contributed by atoms with Crippen LogP contribution < -0.4 is 63.0 Å². The Bertz CT molecular complexity index is 3720. The molecule has 1 aliphatic carbocycles. The lowest BCUT2D eigenvalue weighted by Gasteiger charge is -2.49. The summed E-state index contributed by atoms with van der Waals surface area (Å²) in [6.07, 6.45) is 0. The molecule has 0 saturated heterocycles. The molecule has 15 rings (SSSR count). The molecule has 298 valence electrons. The number of rotatable bonds is 1. The smallest absolute Gasteiger partial charge is 0.250 e. The van der Waals surface area contributed by atoms with E-state index in [2.05, 4.69) is 218 Å². The topological polar surface area (TPSA) is 18.5 Å². The summed E-state index contributed by atoms with van der Waals surface area (Å²) in [5.41, 5.74) is 20.1. The molecule has 65 heavy (non-hydrogen) atoms. The third-order valence-corrected chi connectivity index (χ3v) is 20.2. The minimum absolute atomic E-state index is 0.0222. The van der Waals surface area contributed by atoms with Gasteiger partial charge >= 0.3 is 0 Å². The Morgan fingerprint density at radius 2 is 0.646 bits per heavy atom. The first-order valence-electron chi connectivity index (χ1n) is 22.7. The number of para-hydroxylation sites is 1. The molecule has 0 bridgehead atoms. The maximum absolute atomic E-state index is 7.22. The Balaban J connectivity index is 0.918. The van der Waals surface area contributed by atoms with Crippen LogP contribution in [0.5, 0.6) is 23.0 Å². The van der Waals surface area contributed by atoms with E-state index in [-0.39, 0.29) is 13.4 Å². The van der Waals surface area contributed by atoms with Gasteiger partial charge in [0.05, 0.1) is 0 Å². The minimum Gasteiger partial charge on any atom is -0.458 e. The molecule has 0 aromatic heterocycles. The highest BCUT2D eigenvalue weighted by molar-refractivity contribution is 7.31. The Hall–Kier alpha value is -7.85. The molecule has 1 unspecified atom stereocenters. The van der Waals surface area contributed by atoms with Crippen molar-refractivity contribution in [2.24, 2.45) is 0 Å². The van der Waals surface area contributed by atoms with E-state index in [0.29, 0.717) is 0 Å². The molecule has 0 amide bonds. The summed E-state index contributed by atoms with van der Waals surface area (Å²) in [6.45, 7) is 0.116. The summed E-state index contributed by atoms with van der Waals surface area (Å²) in [6, 6.07) is 81.5. The van der Waals surface area contributed by atoms with E-state index >= 15 is 0 Å². The standard InChI is InChI=1S/C60H36B2O2Si/c1-2-16-40-39(15-1)41-17-3-4-19-43(41)45-33-31-37(35-46(45)44-20-6-5-18-42(40)44)38-32-34-48-54(36-38)64-53-26-14-30-58-60(53)62(48)50-23-9-12-28-56(50)65(58)55-27-11-8-22-49(55)61-47-21-7-10-24-51(47)63-52-25-13-29-57(65)59(52)61/h1-36H. The first kappa shape index (κ1) is 35.6. The van der Waals surface area contributed by atoms with E-state index in [1.807, 2.05) is 0 Å². The lowest BCUT2D eigenvalue weighted by molar-refractivity contribution is 0.488. The second-order valence-corrected chi connectivity index (χ2v) is 21.8. The summed E-state index contributed by atoms with van der Waals surface area (Å²) < 4.78 is 14.0. The Morgan fingerprint density at radius 1 is 0.262 bits per heavy atom. The zero-order valence-electron chi connectivity index (χ0n) is 35.3. The molecular formula is C60H36B2O2Si. The average Bonchev–Trinajstić information content (AvgIpc) is 3.37. The van der Waals surface area contributed by atoms with Gasteiger partial charge in [0.2, 0.25) is 0 Å². The minimum atomic E-state index is -2.93. The summed E-state index contributed by atoms with van der Waals surface area (Å²) in [5, 5.41) is 5.74. The van der Waals surface area contributed by atoms with Gasteiger partial charge in [-0.3, -0.25) is 0 Å². The molecule has 10 aromatic rings. The van der Waals surface area contributed by atoms with Gasteiger partial charge in [0.15, 0.2) is 8.07 Å². The van der Waals surface area contributed by atoms with E-state index in [1.165, 1.54) is 98.0 Å². The van der Waals surface area contributed by atoms with E-state index in [4.69, 9.17) is 9.47 Å². The first-order chi connectivity index (χ1) is 32.3. The molecule has 5 aliphatic rings. The van der Waals surface area contributed by atoms with Crippen LogP contribution in [-0.2, 0) is 0 Å². The van der Waals surface area contributed by atoms with E-state index in [0.717, 1.165) is 34.1 Å². The van der Waals surface area contributed by atoms with Crippen molar-refractivity contribution in [3.63, 3.8) is 0 Å². The van der Waals surface area contributed by atoms with Gasteiger partial charge in [-0.1, -0.05) is 199 Å². The van der Waals surface area contributed by atoms with Crippen molar-refractivity contribution in [3.05, 3.63) is 218 Å². The number of fused-ring (bicyclic) bond motifs is 20. The third kappa shape index (κ3) is 4.65. The Kier molecular flexibility index (Phi) is 7.18. The molecule has 2 nitrogen and oxygen atoms in total. The summed E-state index contributed by atoms with van der Waals surface area (Å²) in [7, 11) is -2.93. The van der Waals surface area contributed by atoms with Gasteiger partial charge in [-0.05, 0) is 129 Å². The van der Waals surface area contributed by atoms with Crippen LogP contribution >= 0.6 is 0 Å². The Labute approximate surface area is 379 Å². The summed E-state index contributed by atoms with van der Waals surface area (Å²) in [5.74, 6) is 3.79.